The quantitative estimate of drug-likeness (QED) is 0.445. The summed E-state index contributed by atoms with van der Waals surface area (Å²) < 4.78 is 0. The van der Waals surface area contributed by atoms with Crippen LogP contribution in [0, 0.1) is 11.5 Å². The molecule has 1 aromatic heterocycles. The minimum atomic E-state index is 0.0598. The van der Waals surface area contributed by atoms with Gasteiger partial charge in [0.1, 0.15) is 5.82 Å². The number of nitrogens with one attached hydrogen (secondary N) is 1. The van der Waals surface area contributed by atoms with E-state index in [1.165, 1.54) is 0 Å². The fourth-order valence-corrected chi connectivity index (χ4v) is 0.895. The lowest BCUT2D eigenvalue weighted by atomic mass is 10.4. The van der Waals surface area contributed by atoms with Gasteiger partial charge in [0.05, 0.1) is 0 Å². The Morgan fingerprint density at radius 1 is 1.54 bits per heavy atom. The van der Waals surface area contributed by atoms with Crippen molar-refractivity contribution in [3.8, 4) is 6.19 Å². The normalized spacial score (nSPS) is 8.92. The largest absolute Gasteiger partial charge is 0.261 e. The Balaban J connectivity index is 2.97. The highest BCUT2D eigenvalue weighted by atomic mass is 35.5. The number of hydrogen-bond donors (Lipinski definition) is 1. The number of anilines is 1. The predicted octanol–water partition coefficient (Wildman–Crippen LogP) is 1.15. The Morgan fingerprint density at radius 3 is 2.92 bits per heavy atom. The lowest BCUT2D eigenvalue weighted by Crippen LogP contribution is -2.02. The first-order valence-electron chi connectivity index (χ1n) is 3.42. The standard InChI is InChI=1S/C7H6ClN5/c1-2-3-5-11-6(8)13-7(12-5)10-4-9/h2H,1,3H2,(H,10,11,12,13). The van der Waals surface area contributed by atoms with Gasteiger partial charge in [0, 0.05) is 6.42 Å². The summed E-state index contributed by atoms with van der Waals surface area (Å²) in [5.41, 5.74) is 0. The van der Waals surface area contributed by atoms with Crippen LogP contribution in [0.2, 0.25) is 5.28 Å². The van der Waals surface area contributed by atoms with Crippen LogP contribution in [0.25, 0.3) is 0 Å². The van der Waals surface area contributed by atoms with Crippen molar-refractivity contribution in [1.82, 2.24) is 15.0 Å². The minimum absolute atomic E-state index is 0.0598. The van der Waals surface area contributed by atoms with Crippen molar-refractivity contribution in [2.45, 2.75) is 6.42 Å². The first kappa shape index (κ1) is 9.42. The highest BCUT2D eigenvalue weighted by Gasteiger charge is 2.02. The molecule has 0 aliphatic heterocycles. The Morgan fingerprint density at radius 2 is 2.31 bits per heavy atom. The summed E-state index contributed by atoms with van der Waals surface area (Å²) in [6.07, 6.45) is 3.82. The van der Waals surface area contributed by atoms with Gasteiger partial charge in [-0.15, -0.1) is 6.58 Å². The van der Waals surface area contributed by atoms with Crippen molar-refractivity contribution in [3.05, 3.63) is 23.8 Å². The van der Waals surface area contributed by atoms with E-state index >= 15 is 0 Å². The second-order valence-electron chi connectivity index (χ2n) is 2.07. The molecule has 6 heteroatoms. The molecule has 1 rings (SSSR count). The number of allylic oxidation sites excluding steroid dienone is 1. The number of aromatic nitrogens is 3. The van der Waals surface area contributed by atoms with E-state index in [1.54, 1.807) is 12.3 Å². The van der Waals surface area contributed by atoms with Crippen molar-refractivity contribution in [2.75, 3.05) is 5.32 Å². The molecule has 0 saturated carbocycles. The first-order valence-corrected chi connectivity index (χ1v) is 3.80. The molecule has 0 fully saturated rings. The van der Waals surface area contributed by atoms with Crippen LogP contribution in [-0.4, -0.2) is 15.0 Å². The molecule has 0 bridgehead atoms. The molecule has 13 heavy (non-hydrogen) atoms. The summed E-state index contributed by atoms with van der Waals surface area (Å²) in [5.74, 6) is 0.632. The maximum Gasteiger partial charge on any atom is 0.240 e. The first-order chi connectivity index (χ1) is 6.26. The van der Waals surface area contributed by atoms with Crippen molar-refractivity contribution in [3.63, 3.8) is 0 Å². The maximum atomic E-state index is 8.31. The zero-order valence-electron chi connectivity index (χ0n) is 6.66. The lowest BCUT2D eigenvalue weighted by Gasteiger charge is -1.98. The zero-order chi connectivity index (χ0) is 9.68. The molecule has 66 valence electrons. The summed E-state index contributed by atoms with van der Waals surface area (Å²) in [6, 6.07) is 0. The molecule has 0 aliphatic rings. The molecule has 1 aromatic rings. The van der Waals surface area contributed by atoms with Crippen molar-refractivity contribution < 1.29 is 0 Å². The third kappa shape index (κ3) is 2.69. The van der Waals surface area contributed by atoms with E-state index in [-0.39, 0.29) is 11.2 Å². The second-order valence-corrected chi connectivity index (χ2v) is 2.41. The molecule has 0 saturated heterocycles. The highest BCUT2D eigenvalue weighted by Crippen LogP contribution is 2.05. The van der Waals surface area contributed by atoms with Crippen LogP contribution in [0.4, 0.5) is 5.95 Å². The van der Waals surface area contributed by atoms with Gasteiger partial charge < -0.3 is 0 Å². The van der Waals surface area contributed by atoms with Crippen LogP contribution < -0.4 is 5.32 Å². The Hall–Kier alpha value is -1.67. The van der Waals surface area contributed by atoms with E-state index in [2.05, 4.69) is 26.8 Å². The van der Waals surface area contributed by atoms with Crippen molar-refractivity contribution in [2.24, 2.45) is 0 Å². The lowest BCUT2D eigenvalue weighted by molar-refractivity contribution is 0.941. The summed E-state index contributed by atoms with van der Waals surface area (Å²) in [5, 5.41) is 10.6. The fraction of sp³-hybridized carbons (Fsp3) is 0.143. The summed E-state index contributed by atoms with van der Waals surface area (Å²) in [7, 11) is 0. The topological polar surface area (TPSA) is 74.5 Å². The highest BCUT2D eigenvalue weighted by molar-refractivity contribution is 6.28. The van der Waals surface area contributed by atoms with Gasteiger partial charge in [-0.2, -0.15) is 15.2 Å². The van der Waals surface area contributed by atoms with E-state index in [9.17, 15) is 0 Å². The molecule has 0 aliphatic carbocycles. The van der Waals surface area contributed by atoms with Crippen LogP contribution in [0.1, 0.15) is 5.82 Å². The van der Waals surface area contributed by atoms with E-state index in [4.69, 9.17) is 16.9 Å². The number of nitriles is 1. The van der Waals surface area contributed by atoms with Gasteiger partial charge >= 0.3 is 0 Å². The predicted molar refractivity (Wildman–Crippen MR) is 48.0 cm³/mol. The van der Waals surface area contributed by atoms with Gasteiger partial charge in [0.15, 0.2) is 6.19 Å². The minimum Gasteiger partial charge on any atom is -0.261 e. The van der Waals surface area contributed by atoms with Gasteiger partial charge in [-0.3, -0.25) is 5.32 Å². The Labute approximate surface area is 80.1 Å². The van der Waals surface area contributed by atoms with Crippen LogP contribution in [0.15, 0.2) is 12.7 Å². The zero-order valence-corrected chi connectivity index (χ0v) is 7.41. The molecule has 0 atom stereocenters. The third-order valence-corrected chi connectivity index (χ3v) is 1.32. The van der Waals surface area contributed by atoms with Crippen LogP contribution in [0.5, 0.6) is 0 Å². The second kappa shape index (κ2) is 4.38. The molecule has 0 aromatic carbocycles. The van der Waals surface area contributed by atoms with E-state index in [0.29, 0.717) is 12.2 Å². The molecule has 0 spiro atoms. The number of nitrogens with zero attached hydrogens (tertiary/aromatic N) is 4. The monoisotopic (exact) mass is 195 g/mol. The van der Waals surface area contributed by atoms with E-state index in [0.717, 1.165) is 0 Å². The van der Waals surface area contributed by atoms with Crippen molar-refractivity contribution >= 4 is 17.5 Å². The third-order valence-electron chi connectivity index (χ3n) is 1.15. The average Bonchev–Trinajstić information content (AvgIpc) is 2.04. The SMILES string of the molecule is C=CCc1nc(Cl)nc(NC#N)n1. The molecule has 0 radical (unpaired) electrons. The molecule has 0 amide bonds. The summed E-state index contributed by atoms with van der Waals surface area (Å²) in [6.45, 7) is 3.53. The van der Waals surface area contributed by atoms with E-state index < -0.39 is 0 Å². The van der Waals surface area contributed by atoms with Gasteiger partial charge in [-0.25, -0.2) is 4.98 Å². The summed E-state index contributed by atoms with van der Waals surface area (Å²) >= 11 is 5.58. The number of hydrogen-bond acceptors (Lipinski definition) is 5. The van der Waals surface area contributed by atoms with Gasteiger partial charge in [0.2, 0.25) is 11.2 Å². The van der Waals surface area contributed by atoms with Crippen LogP contribution in [0.3, 0.4) is 0 Å². The van der Waals surface area contributed by atoms with Crippen molar-refractivity contribution in [1.29, 1.82) is 5.26 Å². The van der Waals surface area contributed by atoms with E-state index in [1.807, 2.05) is 0 Å². The maximum absolute atomic E-state index is 8.31. The smallest absolute Gasteiger partial charge is 0.240 e. The van der Waals surface area contributed by atoms with Gasteiger partial charge in [-0.05, 0) is 11.6 Å². The Kier molecular flexibility index (Phi) is 3.17. The Bertz CT molecular complexity index is 356. The summed E-state index contributed by atoms with van der Waals surface area (Å²) in [4.78, 5) is 11.4. The molecular weight excluding hydrogens is 190 g/mol. The molecular formula is C7H6ClN5. The molecule has 5 nitrogen and oxygen atoms in total. The fourth-order valence-electron chi connectivity index (χ4n) is 0.717. The van der Waals surface area contributed by atoms with Gasteiger partial charge in [-0.1, -0.05) is 6.08 Å². The van der Waals surface area contributed by atoms with Crippen LogP contribution in [-0.2, 0) is 6.42 Å². The molecule has 1 heterocycles. The van der Waals surface area contributed by atoms with Crippen LogP contribution >= 0.6 is 11.6 Å². The molecule has 1 N–H and O–H groups in total. The van der Waals surface area contributed by atoms with Gasteiger partial charge in [0.25, 0.3) is 0 Å². The number of halogens is 1. The molecule has 0 unspecified atom stereocenters. The average molecular weight is 196 g/mol. The number of rotatable bonds is 3.